The number of carbonyl (C=O) groups is 1. The Morgan fingerprint density at radius 2 is 2.00 bits per heavy atom. The molecule has 1 amide bonds. The summed E-state index contributed by atoms with van der Waals surface area (Å²) in [7, 11) is 0. The largest absolute Gasteiger partial charge is 0.508 e. The zero-order valence-electron chi connectivity index (χ0n) is 19.1. The number of phenols is 1. The van der Waals surface area contributed by atoms with Gasteiger partial charge in [0.05, 0.1) is 24.8 Å². The Morgan fingerprint density at radius 3 is 2.68 bits per heavy atom. The van der Waals surface area contributed by atoms with E-state index in [1.807, 2.05) is 6.92 Å². The molecule has 2 aliphatic rings. The number of fused-ring (bicyclic) bond motifs is 3. The molecule has 0 aromatic heterocycles. The molecule has 1 aromatic rings. The molecule has 0 radical (unpaired) electrons. The van der Waals surface area contributed by atoms with Gasteiger partial charge >= 0.3 is 0 Å². The van der Waals surface area contributed by atoms with Gasteiger partial charge in [-0.25, -0.2) is 0 Å². The summed E-state index contributed by atoms with van der Waals surface area (Å²) in [6.45, 7) is 8.68. The Hall–Kier alpha value is -2.31. The third-order valence-electron chi connectivity index (χ3n) is 6.36. The minimum absolute atomic E-state index is 0.0240. The lowest BCUT2D eigenvalue weighted by atomic mass is 9.84. The average Bonchev–Trinajstić information content (AvgIpc) is 3.00. The van der Waals surface area contributed by atoms with Gasteiger partial charge in [-0.15, -0.1) is 0 Å². The molecule has 2 heterocycles. The van der Waals surface area contributed by atoms with Gasteiger partial charge < -0.3 is 25.0 Å². The summed E-state index contributed by atoms with van der Waals surface area (Å²) in [5.41, 5.74) is 3.53. The fourth-order valence-corrected chi connectivity index (χ4v) is 4.36. The Balaban J connectivity index is 1.77. The number of amides is 1. The van der Waals surface area contributed by atoms with E-state index in [0.29, 0.717) is 29.8 Å². The molecule has 0 bridgehead atoms. The molecule has 1 unspecified atom stereocenters. The van der Waals surface area contributed by atoms with Gasteiger partial charge in [0.1, 0.15) is 17.1 Å². The number of β-amino-alcohol motifs (C(OH)–C–C–N with tert-alkyl or cyclic N) is 1. The maximum absolute atomic E-state index is 12.6. The van der Waals surface area contributed by atoms with Gasteiger partial charge in [0.25, 0.3) is 5.91 Å². The molecule has 0 saturated heterocycles. The zero-order valence-corrected chi connectivity index (χ0v) is 19.1. The van der Waals surface area contributed by atoms with E-state index in [1.54, 1.807) is 4.90 Å². The molecular weight excluding hydrogens is 394 g/mol. The standard InChI is InChI=1S/C25H35NO5/c1-16(2)7-5-8-17(3)9-6-10-25(4)22(29)14-19-21(28)13-18-20(23(19)31-25)15-26(11-12-27)24(18)30/h7,9,13,22,27-29H,5-6,8,10-12,14-15H2,1-4H3/b17-9+/t22-,25?/m1/s1. The van der Waals surface area contributed by atoms with Crippen LogP contribution in [0.5, 0.6) is 11.5 Å². The summed E-state index contributed by atoms with van der Waals surface area (Å²) < 4.78 is 6.33. The quantitative estimate of drug-likeness (QED) is 0.546. The lowest BCUT2D eigenvalue weighted by Gasteiger charge is -2.40. The van der Waals surface area contributed by atoms with Gasteiger partial charge in [0.15, 0.2) is 0 Å². The predicted octanol–water partition coefficient (Wildman–Crippen LogP) is 3.87. The van der Waals surface area contributed by atoms with Crippen LogP contribution in [0.1, 0.15) is 74.9 Å². The first-order valence-electron chi connectivity index (χ1n) is 11.1. The average molecular weight is 430 g/mol. The molecule has 3 N–H and O–H groups in total. The third kappa shape index (κ3) is 4.96. The zero-order chi connectivity index (χ0) is 22.8. The van der Waals surface area contributed by atoms with Crippen LogP contribution < -0.4 is 4.74 Å². The molecule has 170 valence electrons. The van der Waals surface area contributed by atoms with E-state index < -0.39 is 11.7 Å². The number of aromatic hydroxyl groups is 1. The van der Waals surface area contributed by atoms with Crippen LogP contribution in [0.15, 0.2) is 29.4 Å². The highest BCUT2D eigenvalue weighted by molar-refractivity contribution is 6.00. The number of nitrogens with zero attached hydrogens (tertiary/aromatic N) is 1. The Morgan fingerprint density at radius 1 is 1.26 bits per heavy atom. The van der Waals surface area contributed by atoms with Crippen LogP contribution in [-0.2, 0) is 13.0 Å². The molecule has 1 aromatic carbocycles. The van der Waals surface area contributed by atoms with Crippen molar-refractivity contribution in [1.29, 1.82) is 0 Å². The molecule has 0 aliphatic carbocycles. The predicted molar refractivity (Wildman–Crippen MR) is 120 cm³/mol. The summed E-state index contributed by atoms with van der Waals surface area (Å²) in [4.78, 5) is 14.2. The first kappa shape index (κ1) is 23.4. The van der Waals surface area contributed by atoms with Crippen LogP contribution in [0.4, 0.5) is 0 Å². The highest BCUT2D eigenvalue weighted by Crippen LogP contribution is 2.46. The molecule has 6 nitrogen and oxygen atoms in total. The monoisotopic (exact) mass is 429 g/mol. The van der Waals surface area contributed by atoms with Crippen molar-refractivity contribution in [2.24, 2.45) is 0 Å². The summed E-state index contributed by atoms with van der Waals surface area (Å²) in [5.74, 6) is 0.276. The fraction of sp³-hybridized carbons (Fsp3) is 0.560. The van der Waals surface area contributed by atoms with Gasteiger partial charge in [0.2, 0.25) is 0 Å². The Bertz CT molecular complexity index is 900. The number of hydrogen-bond donors (Lipinski definition) is 3. The van der Waals surface area contributed by atoms with E-state index in [-0.39, 0.29) is 31.2 Å². The van der Waals surface area contributed by atoms with E-state index in [2.05, 4.69) is 32.9 Å². The summed E-state index contributed by atoms with van der Waals surface area (Å²) in [5, 5.41) is 30.6. The molecule has 31 heavy (non-hydrogen) atoms. The number of ether oxygens (including phenoxy) is 1. The van der Waals surface area contributed by atoms with Gasteiger partial charge in [0, 0.05) is 24.1 Å². The van der Waals surface area contributed by atoms with Crippen molar-refractivity contribution < 1.29 is 24.9 Å². The highest BCUT2D eigenvalue weighted by atomic mass is 16.5. The van der Waals surface area contributed by atoms with E-state index in [9.17, 15) is 20.1 Å². The third-order valence-corrected chi connectivity index (χ3v) is 6.36. The molecule has 0 fully saturated rings. The van der Waals surface area contributed by atoms with Crippen LogP contribution in [0, 0.1) is 0 Å². The molecule has 3 rings (SSSR count). The van der Waals surface area contributed by atoms with Crippen molar-refractivity contribution in [3.05, 3.63) is 46.1 Å². The summed E-state index contributed by atoms with van der Waals surface area (Å²) >= 11 is 0. The number of allylic oxidation sites excluding steroid dienone is 4. The van der Waals surface area contributed by atoms with Gasteiger partial charge in [-0.2, -0.15) is 0 Å². The van der Waals surface area contributed by atoms with Crippen LogP contribution in [0.25, 0.3) is 0 Å². The van der Waals surface area contributed by atoms with Crippen LogP contribution in [-0.4, -0.2) is 51.0 Å². The second-order valence-corrected chi connectivity index (χ2v) is 9.22. The SMILES string of the molecule is CC(C)=CCC/C(C)=C/CCC1(C)Oc2c(c(O)cc3c2CN(CCO)C3=O)C[C@H]1O. The number of aliphatic hydroxyl groups is 2. The summed E-state index contributed by atoms with van der Waals surface area (Å²) in [6, 6.07) is 1.46. The number of aliphatic hydroxyl groups excluding tert-OH is 2. The van der Waals surface area contributed by atoms with Crippen molar-refractivity contribution in [2.45, 2.75) is 78.0 Å². The molecule has 2 aliphatic heterocycles. The van der Waals surface area contributed by atoms with E-state index in [1.165, 1.54) is 17.2 Å². The van der Waals surface area contributed by atoms with Gasteiger partial charge in [-0.1, -0.05) is 23.3 Å². The second kappa shape index (κ2) is 9.45. The smallest absolute Gasteiger partial charge is 0.254 e. The normalized spacial score (nSPS) is 22.8. The fourth-order valence-electron chi connectivity index (χ4n) is 4.36. The maximum atomic E-state index is 12.6. The molecule has 0 spiro atoms. The van der Waals surface area contributed by atoms with E-state index in [4.69, 9.17) is 4.74 Å². The van der Waals surface area contributed by atoms with Gasteiger partial charge in [-0.3, -0.25) is 4.79 Å². The Labute approximate surface area is 184 Å². The van der Waals surface area contributed by atoms with Crippen molar-refractivity contribution in [1.82, 2.24) is 4.90 Å². The second-order valence-electron chi connectivity index (χ2n) is 9.22. The van der Waals surface area contributed by atoms with Crippen LogP contribution in [0.2, 0.25) is 0 Å². The van der Waals surface area contributed by atoms with E-state index in [0.717, 1.165) is 24.8 Å². The van der Waals surface area contributed by atoms with Gasteiger partial charge in [-0.05, 0) is 59.4 Å². The first-order chi connectivity index (χ1) is 14.7. The topological polar surface area (TPSA) is 90.2 Å². The first-order valence-corrected chi connectivity index (χ1v) is 11.1. The number of benzene rings is 1. The number of rotatable bonds is 8. The van der Waals surface area contributed by atoms with Crippen molar-refractivity contribution in [2.75, 3.05) is 13.2 Å². The number of hydrogen-bond acceptors (Lipinski definition) is 5. The van der Waals surface area contributed by atoms with Crippen molar-refractivity contribution in [3.8, 4) is 11.5 Å². The van der Waals surface area contributed by atoms with Crippen molar-refractivity contribution in [3.63, 3.8) is 0 Å². The molecule has 6 heteroatoms. The van der Waals surface area contributed by atoms with Crippen LogP contribution >= 0.6 is 0 Å². The molecular formula is C25H35NO5. The van der Waals surface area contributed by atoms with Crippen LogP contribution in [0.3, 0.4) is 0 Å². The minimum atomic E-state index is -0.807. The number of phenolic OH excluding ortho intramolecular Hbond substituents is 1. The number of carbonyl (C=O) groups excluding carboxylic acids is 1. The maximum Gasteiger partial charge on any atom is 0.254 e. The minimum Gasteiger partial charge on any atom is -0.508 e. The lowest BCUT2D eigenvalue weighted by molar-refractivity contribution is -0.0599. The van der Waals surface area contributed by atoms with Crippen molar-refractivity contribution >= 4 is 5.91 Å². The lowest BCUT2D eigenvalue weighted by Crippen LogP contribution is -2.49. The Kier molecular flexibility index (Phi) is 7.12. The highest BCUT2D eigenvalue weighted by Gasteiger charge is 2.44. The molecule has 0 saturated carbocycles. The molecule has 2 atom stereocenters. The van der Waals surface area contributed by atoms with E-state index >= 15 is 0 Å². The summed E-state index contributed by atoms with van der Waals surface area (Å²) in [6.07, 6.45) is 7.41.